The molecule has 0 atom stereocenters. The number of rotatable bonds is 6. The molecule has 0 spiro atoms. The topological polar surface area (TPSA) is 50.7 Å². The molecule has 2 aromatic carbocycles. The lowest BCUT2D eigenvalue weighted by atomic mass is 10.2. The zero-order valence-electron chi connectivity index (χ0n) is 11.7. The van der Waals surface area contributed by atoms with Gasteiger partial charge in [0.1, 0.15) is 5.75 Å². The van der Waals surface area contributed by atoms with Crippen molar-refractivity contribution in [3.63, 3.8) is 0 Å². The molecular weight excluding hydrogens is 254 g/mol. The van der Waals surface area contributed by atoms with E-state index in [1.807, 2.05) is 37.3 Å². The lowest BCUT2D eigenvalue weighted by molar-refractivity contribution is 0.311. The Balaban J connectivity index is 2.08. The molecule has 0 radical (unpaired) electrons. The smallest absolute Gasteiger partial charge is 0.162 e. The van der Waals surface area contributed by atoms with Gasteiger partial charge >= 0.3 is 0 Å². The highest BCUT2D eigenvalue weighted by molar-refractivity contribution is 5.55. The van der Waals surface area contributed by atoms with E-state index in [1.165, 1.54) is 0 Å². The van der Waals surface area contributed by atoms with Crippen molar-refractivity contribution in [2.24, 2.45) is 0 Å². The molecule has 20 heavy (non-hydrogen) atoms. The Morgan fingerprint density at radius 3 is 2.60 bits per heavy atom. The molecule has 0 aliphatic carbocycles. The van der Waals surface area contributed by atoms with Gasteiger partial charge in [-0.1, -0.05) is 18.2 Å². The van der Waals surface area contributed by atoms with Crippen molar-refractivity contribution < 1.29 is 14.6 Å². The lowest BCUT2D eigenvalue weighted by Gasteiger charge is -2.12. The zero-order valence-corrected chi connectivity index (χ0v) is 11.7. The number of anilines is 1. The monoisotopic (exact) mass is 273 g/mol. The van der Waals surface area contributed by atoms with Crippen LogP contribution in [0.3, 0.4) is 0 Å². The Kier molecular flexibility index (Phi) is 4.71. The number of phenols is 1. The summed E-state index contributed by atoms with van der Waals surface area (Å²) in [6.07, 6.45) is 0. The van der Waals surface area contributed by atoms with Crippen LogP contribution in [0.25, 0.3) is 0 Å². The number of methoxy groups -OCH3 is 1. The second kappa shape index (κ2) is 6.70. The van der Waals surface area contributed by atoms with Crippen molar-refractivity contribution in [2.75, 3.05) is 19.0 Å². The Labute approximate surface area is 119 Å². The van der Waals surface area contributed by atoms with Gasteiger partial charge in [-0.25, -0.2) is 0 Å². The van der Waals surface area contributed by atoms with Crippen LogP contribution in [0.5, 0.6) is 17.2 Å². The van der Waals surface area contributed by atoms with Crippen LogP contribution in [0.2, 0.25) is 0 Å². The third kappa shape index (κ3) is 3.35. The third-order valence-electron chi connectivity index (χ3n) is 2.94. The summed E-state index contributed by atoms with van der Waals surface area (Å²) in [5, 5.41) is 13.0. The Morgan fingerprint density at radius 2 is 1.90 bits per heavy atom. The van der Waals surface area contributed by atoms with E-state index < -0.39 is 0 Å². The SMILES string of the molecule is CCOc1ccc(NCc2ccccc2O)cc1OC. The molecule has 0 heterocycles. The molecule has 0 aliphatic heterocycles. The molecule has 4 nitrogen and oxygen atoms in total. The third-order valence-corrected chi connectivity index (χ3v) is 2.94. The molecule has 2 N–H and O–H groups in total. The molecule has 0 aliphatic rings. The zero-order chi connectivity index (χ0) is 14.4. The van der Waals surface area contributed by atoms with Crippen LogP contribution >= 0.6 is 0 Å². The largest absolute Gasteiger partial charge is 0.508 e. The van der Waals surface area contributed by atoms with Gasteiger partial charge < -0.3 is 19.9 Å². The molecule has 0 unspecified atom stereocenters. The molecule has 0 bridgehead atoms. The van der Waals surface area contributed by atoms with Gasteiger partial charge in [0.15, 0.2) is 11.5 Å². The van der Waals surface area contributed by atoms with E-state index in [9.17, 15) is 5.11 Å². The van der Waals surface area contributed by atoms with Gasteiger partial charge in [-0.2, -0.15) is 0 Å². The fourth-order valence-corrected chi connectivity index (χ4v) is 1.91. The van der Waals surface area contributed by atoms with Crippen molar-refractivity contribution in [2.45, 2.75) is 13.5 Å². The average molecular weight is 273 g/mol. The van der Waals surface area contributed by atoms with Gasteiger partial charge in [0, 0.05) is 23.9 Å². The van der Waals surface area contributed by atoms with Crippen molar-refractivity contribution in [3.8, 4) is 17.2 Å². The predicted molar refractivity (Wildman–Crippen MR) is 79.6 cm³/mol. The maximum Gasteiger partial charge on any atom is 0.162 e. The highest BCUT2D eigenvalue weighted by Gasteiger charge is 2.06. The van der Waals surface area contributed by atoms with Crippen molar-refractivity contribution in [1.29, 1.82) is 0 Å². The maximum atomic E-state index is 9.72. The van der Waals surface area contributed by atoms with Crippen LogP contribution in [0.4, 0.5) is 5.69 Å². The number of para-hydroxylation sites is 1. The highest BCUT2D eigenvalue weighted by atomic mass is 16.5. The van der Waals surface area contributed by atoms with E-state index in [0.29, 0.717) is 18.9 Å². The Bertz CT molecular complexity index is 569. The summed E-state index contributed by atoms with van der Waals surface area (Å²) in [5.41, 5.74) is 1.76. The maximum absolute atomic E-state index is 9.72. The number of hydrogen-bond donors (Lipinski definition) is 2. The number of hydrogen-bond acceptors (Lipinski definition) is 4. The molecule has 106 valence electrons. The van der Waals surface area contributed by atoms with Crippen molar-refractivity contribution >= 4 is 5.69 Å². The van der Waals surface area contributed by atoms with Crippen LogP contribution < -0.4 is 14.8 Å². The Hall–Kier alpha value is -2.36. The first-order valence-corrected chi connectivity index (χ1v) is 6.56. The van der Waals surface area contributed by atoms with Crippen LogP contribution in [0, 0.1) is 0 Å². The fraction of sp³-hybridized carbons (Fsp3) is 0.250. The van der Waals surface area contributed by atoms with Crippen molar-refractivity contribution in [3.05, 3.63) is 48.0 Å². The van der Waals surface area contributed by atoms with Gasteiger partial charge in [-0.3, -0.25) is 0 Å². The number of aromatic hydroxyl groups is 1. The number of benzene rings is 2. The molecular formula is C16H19NO3. The van der Waals surface area contributed by atoms with E-state index in [1.54, 1.807) is 19.2 Å². The molecule has 0 aromatic heterocycles. The molecule has 0 saturated carbocycles. The summed E-state index contributed by atoms with van der Waals surface area (Å²) in [4.78, 5) is 0. The lowest BCUT2D eigenvalue weighted by Crippen LogP contribution is -2.01. The molecule has 0 amide bonds. The van der Waals surface area contributed by atoms with E-state index in [4.69, 9.17) is 9.47 Å². The minimum absolute atomic E-state index is 0.290. The number of phenolic OH excluding ortho intramolecular Hbond substituents is 1. The average Bonchev–Trinajstić information content (AvgIpc) is 2.48. The highest BCUT2D eigenvalue weighted by Crippen LogP contribution is 2.30. The number of ether oxygens (including phenoxy) is 2. The van der Waals surface area contributed by atoms with Gasteiger partial charge in [0.2, 0.25) is 0 Å². The fourth-order valence-electron chi connectivity index (χ4n) is 1.91. The standard InChI is InChI=1S/C16H19NO3/c1-3-20-15-9-8-13(10-16(15)19-2)17-11-12-6-4-5-7-14(12)18/h4-10,17-18H,3,11H2,1-2H3. The summed E-state index contributed by atoms with van der Waals surface area (Å²) in [6.45, 7) is 3.08. The van der Waals surface area contributed by atoms with Gasteiger partial charge in [0.25, 0.3) is 0 Å². The minimum atomic E-state index is 0.290. The van der Waals surface area contributed by atoms with Crippen LogP contribution in [0.15, 0.2) is 42.5 Å². The summed E-state index contributed by atoms with van der Waals surface area (Å²) in [5.74, 6) is 1.70. The van der Waals surface area contributed by atoms with Gasteiger partial charge in [-0.05, 0) is 25.1 Å². The van der Waals surface area contributed by atoms with Crippen LogP contribution in [-0.2, 0) is 6.54 Å². The second-order valence-corrected chi connectivity index (χ2v) is 4.28. The summed E-state index contributed by atoms with van der Waals surface area (Å²) >= 11 is 0. The Morgan fingerprint density at radius 1 is 1.10 bits per heavy atom. The normalized spacial score (nSPS) is 10.1. The van der Waals surface area contributed by atoms with E-state index >= 15 is 0 Å². The molecule has 2 rings (SSSR count). The summed E-state index contributed by atoms with van der Waals surface area (Å²) in [7, 11) is 1.62. The number of nitrogens with one attached hydrogen (secondary N) is 1. The van der Waals surface area contributed by atoms with E-state index in [-0.39, 0.29) is 5.75 Å². The molecule has 4 heteroatoms. The second-order valence-electron chi connectivity index (χ2n) is 4.28. The van der Waals surface area contributed by atoms with Crippen molar-refractivity contribution in [1.82, 2.24) is 0 Å². The first-order chi connectivity index (χ1) is 9.74. The van der Waals surface area contributed by atoms with Gasteiger partial charge in [0.05, 0.1) is 13.7 Å². The van der Waals surface area contributed by atoms with Crippen LogP contribution in [-0.4, -0.2) is 18.8 Å². The van der Waals surface area contributed by atoms with E-state index in [0.717, 1.165) is 17.0 Å². The first-order valence-electron chi connectivity index (χ1n) is 6.56. The first kappa shape index (κ1) is 14.1. The summed E-state index contributed by atoms with van der Waals surface area (Å²) in [6, 6.07) is 12.9. The summed E-state index contributed by atoms with van der Waals surface area (Å²) < 4.78 is 10.8. The van der Waals surface area contributed by atoms with Gasteiger partial charge in [-0.15, -0.1) is 0 Å². The minimum Gasteiger partial charge on any atom is -0.508 e. The molecule has 2 aromatic rings. The van der Waals surface area contributed by atoms with Crippen LogP contribution in [0.1, 0.15) is 12.5 Å². The van der Waals surface area contributed by atoms with E-state index in [2.05, 4.69) is 5.32 Å². The quantitative estimate of drug-likeness (QED) is 0.846. The predicted octanol–water partition coefficient (Wildman–Crippen LogP) is 3.41. The molecule has 0 saturated heterocycles. The molecule has 0 fully saturated rings.